The Bertz CT molecular complexity index is 675. The number of amides is 1. The van der Waals surface area contributed by atoms with Crippen LogP contribution in [0, 0.1) is 0 Å². The molecule has 0 aliphatic heterocycles. The number of aromatic amines is 2. The van der Waals surface area contributed by atoms with Crippen LogP contribution in [0.1, 0.15) is 5.56 Å². The monoisotopic (exact) mass is 279 g/mol. The molecule has 0 aliphatic carbocycles. The number of halogens is 1. The van der Waals surface area contributed by atoms with Crippen LogP contribution in [0.5, 0.6) is 0 Å². The molecular weight excluding hydrogens is 270 g/mol. The molecule has 0 bridgehead atoms. The topological polar surface area (TPSA) is 94.8 Å². The van der Waals surface area contributed by atoms with Crippen LogP contribution in [0.2, 0.25) is 5.02 Å². The van der Waals surface area contributed by atoms with E-state index in [2.05, 4.69) is 10.3 Å². The first-order chi connectivity index (χ1) is 9.02. The van der Waals surface area contributed by atoms with Crippen LogP contribution < -0.4 is 16.6 Å². The zero-order valence-corrected chi connectivity index (χ0v) is 10.5. The molecule has 0 saturated heterocycles. The number of carbonyl (C=O) groups excluding carboxylic acids is 1. The molecule has 0 fully saturated rings. The van der Waals surface area contributed by atoms with Gasteiger partial charge < -0.3 is 5.32 Å². The van der Waals surface area contributed by atoms with Gasteiger partial charge in [-0.05, 0) is 17.7 Å². The molecule has 2 aromatic rings. The van der Waals surface area contributed by atoms with Gasteiger partial charge in [-0.2, -0.15) is 0 Å². The van der Waals surface area contributed by atoms with E-state index >= 15 is 0 Å². The number of hydrogen-bond acceptors (Lipinski definition) is 3. The Balaban J connectivity index is 2.07. The lowest BCUT2D eigenvalue weighted by Gasteiger charge is -2.04. The Morgan fingerprint density at radius 2 is 1.84 bits per heavy atom. The average molecular weight is 280 g/mol. The standard InChI is InChI=1S/C12H10ClN3O3/c13-8-3-1-7(2-4-8)5-10(17)14-9-6-11(18)16-12(19)15-9/h1-4,6H,5H2,(H3,14,15,16,17,18,19). The molecule has 0 atom stereocenters. The summed E-state index contributed by atoms with van der Waals surface area (Å²) < 4.78 is 0. The van der Waals surface area contributed by atoms with E-state index in [-0.39, 0.29) is 18.1 Å². The molecule has 19 heavy (non-hydrogen) atoms. The fourth-order valence-corrected chi connectivity index (χ4v) is 1.64. The van der Waals surface area contributed by atoms with Gasteiger partial charge in [0.05, 0.1) is 6.42 Å². The van der Waals surface area contributed by atoms with Crippen molar-refractivity contribution < 1.29 is 4.79 Å². The van der Waals surface area contributed by atoms with Crippen molar-refractivity contribution in [3.8, 4) is 0 Å². The van der Waals surface area contributed by atoms with Crippen LogP contribution in [-0.4, -0.2) is 15.9 Å². The van der Waals surface area contributed by atoms with Crippen LogP contribution in [0.3, 0.4) is 0 Å². The second-order valence-electron chi connectivity index (χ2n) is 3.85. The van der Waals surface area contributed by atoms with Gasteiger partial charge in [0.15, 0.2) is 0 Å². The molecule has 0 unspecified atom stereocenters. The fourth-order valence-electron chi connectivity index (χ4n) is 1.52. The zero-order chi connectivity index (χ0) is 13.8. The van der Waals surface area contributed by atoms with Crippen molar-refractivity contribution in [3.63, 3.8) is 0 Å². The van der Waals surface area contributed by atoms with Crippen LogP contribution >= 0.6 is 11.6 Å². The van der Waals surface area contributed by atoms with Crippen molar-refractivity contribution in [2.45, 2.75) is 6.42 Å². The highest BCUT2D eigenvalue weighted by atomic mass is 35.5. The minimum Gasteiger partial charge on any atom is -0.312 e. The van der Waals surface area contributed by atoms with E-state index < -0.39 is 11.2 Å². The molecule has 2 rings (SSSR count). The van der Waals surface area contributed by atoms with E-state index in [0.717, 1.165) is 11.6 Å². The van der Waals surface area contributed by atoms with E-state index in [4.69, 9.17) is 11.6 Å². The summed E-state index contributed by atoms with van der Waals surface area (Å²) in [4.78, 5) is 38.1. The molecule has 1 aromatic carbocycles. The number of benzene rings is 1. The molecule has 1 aromatic heterocycles. The maximum absolute atomic E-state index is 11.7. The predicted octanol–water partition coefficient (Wildman–Crippen LogP) is 0.898. The minimum absolute atomic E-state index is 0.0627. The third-order valence-electron chi connectivity index (χ3n) is 2.31. The van der Waals surface area contributed by atoms with Crippen molar-refractivity contribution in [2.24, 2.45) is 0 Å². The van der Waals surface area contributed by atoms with Gasteiger partial charge in [-0.3, -0.25) is 19.6 Å². The van der Waals surface area contributed by atoms with E-state index in [1.807, 2.05) is 4.98 Å². The Morgan fingerprint density at radius 3 is 2.47 bits per heavy atom. The number of anilines is 1. The summed E-state index contributed by atoms with van der Waals surface area (Å²) in [5.74, 6) is -0.281. The molecule has 1 amide bonds. The highest BCUT2D eigenvalue weighted by Gasteiger charge is 2.05. The maximum atomic E-state index is 11.7. The second-order valence-corrected chi connectivity index (χ2v) is 4.29. The SMILES string of the molecule is O=C(Cc1ccc(Cl)cc1)Nc1cc(=O)[nH]c(=O)[nH]1. The molecule has 7 heteroatoms. The third kappa shape index (κ3) is 3.82. The van der Waals surface area contributed by atoms with Crippen molar-refractivity contribution >= 4 is 23.3 Å². The van der Waals surface area contributed by atoms with E-state index in [1.165, 1.54) is 0 Å². The first-order valence-corrected chi connectivity index (χ1v) is 5.79. The van der Waals surface area contributed by atoms with Gasteiger partial charge in [-0.25, -0.2) is 4.79 Å². The Hall–Kier alpha value is -2.34. The maximum Gasteiger partial charge on any atom is 0.327 e. The normalized spacial score (nSPS) is 10.2. The summed E-state index contributed by atoms with van der Waals surface area (Å²) in [5.41, 5.74) is -0.478. The van der Waals surface area contributed by atoms with E-state index in [9.17, 15) is 14.4 Å². The summed E-state index contributed by atoms with van der Waals surface area (Å²) in [5, 5.41) is 3.03. The highest BCUT2D eigenvalue weighted by Crippen LogP contribution is 2.10. The van der Waals surface area contributed by atoms with E-state index in [0.29, 0.717) is 5.02 Å². The molecule has 0 spiro atoms. The molecule has 1 heterocycles. The number of H-pyrrole nitrogens is 2. The fraction of sp³-hybridized carbons (Fsp3) is 0.0833. The molecule has 3 N–H and O–H groups in total. The van der Waals surface area contributed by atoms with Crippen molar-refractivity contribution in [2.75, 3.05) is 5.32 Å². The number of nitrogens with one attached hydrogen (secondary N) is 3. The van der Waals surface area contributed by atoms with Gasteiger partial charge in [0.1, 0.15) is 5.82 Å². The predicted molar refractivity (Wildman–Crippen MR) is 71.5 cm³/mol. The first-order valence-electron chi connectivity index (χ1n) is 5.41. The molecular formula is C12H10ClN3O3. The molecule has 98 valence electrons. The molecule has 0 radical (unpaired) electrons. The average Bonchev–Trinajstić information content (AvgIpc) is 2.30. The van der Waals surface area contributed by atoms with Gasteiger partial charge in [0.25, 0.3) is 5.56 Å². The smallest absolute Gasteiger partial charge is 0.312 e. The first kappa shape index (κ1) is 13.1. The summed E-state index contributed by atoms with van der Waals surface area (Å²) in [6.45, 7) is 0. The van der Waals surface area contributed by atoms with Gasteiger partial charge in [-0.1, -0.05) is 23.7 Å². The van der Waals surface area contributed by atoms with Gasteiger partial charge in [0.2, 0.25) is 5.91 Å². The third-order valence-corrected chi connectivity index (χ3v) is 2.56. The second kappa shape index (κ2) is 5.53. The van der Waals surface area contributed by atoms with Crippen LogP contribution in [0.25, 0.3) is 0 Å². The highest BCUT2D eigenvalue weighted by molar-refractivity contribution is 6.30. The number of aromatic nitrogens is 2. The summed E-state index contributed by atoms with van der Waals surface area (Å²) in [6.07, 6.45) is 0.117. The minimum atomic E-state index is -0.672. The molecule has 0 aliphatic rings. The lowest BCUT2D eigenvalue weighted by Crippen LogP contribution is -2.25. The van der Waals surface area contributed by atoms with Crippen LogP contribution in [0.4, 0.5) is 5.82 Å². The van der Waals surface area contributed by atoms with Crippen LogP contribution in [-0.2, 0) is 11.2 Å². The number of carbonyl (C=O) groups is 1. The summed E-state index contributed by atoms with van der Waals surface area (Å²) in [6, 6.07) is 7.91. The van der Waals surface area contributed by atoms with Crippen molar-refractivity contribution in [1.29, 1.82) is 0 Å². The van der Waals surface area contributed by atoms with Crippen molar-refractivity contribution in [1.82, 2.24) is 9.97 Å². The van der Waals surface area contributed by atoms with Gasteiger partial charge in [0, 0.05) is 11.1 Å². The van der Waals surface area contributed by atoms with Crippen LogP contribution in [0.15, 0.2) is 39.9 Å². The largest absolute Gasteiger partial charge is 0.327 e. The lowest BCUT2D eigenvalue weighted by atomic mass is 10.1. The Labute approximate surface area is 112 Å². The lowest BCUT2D eigenvalue weighted by molar-refractivity contribution is -0.115. The summed E-state index contributed by atoms with van der Waals surface area (Å²) >= 11 is 5.73. The molecule has 0 saturated carbocycles. The van der Waals surface area contributed by atoms with Gasteiger partial charge >= 0.3 is 5.69 Å². The Kier molecular flexibility index (Phi) is 3.82. The quantitative estimate of drug-likeness (QED) is 0.779. The number of hydrogen-bond donors (Lipinski definition) is 3. The van der Waals surface area contributed by atoms with Crippen molar-refractivity contribution in [3.05, 3.63) is 61.8 Å². The number of rotatable bonds is 3. The van der Waals surface area contributed by atoms with Gasteiger partial charge in [-0.15, -0.1) is 0 Å². The zero-order valence-electron chi connectivity index (χ0n) is 9.70. The van der Waals surface area contributed by atoms with E-state index in [1.54, 1.807) is 24.3 Å². The molecule has 6 nitrogen and oxygen atoms in total. The Morgan fingerprint density at radius 1 is 1.16 bits per heavy atom. The summed E-state index contributed by atoms with van der Waals surface area (Å²) in [7, 11) is 0.